The van der Waals surface area contributed by atoms with E-state index in [1.165, 1.54) is 18.9 Å². The van der Waals surface area contributed by atoms with Crippen molar-refractivity contribution in [1.29, 1.82) is 0 Å². The van der Waals surface area contributed by atoms with E-state index in [1.54, 1.807) is 12.1 Å². The summed E-state index contributed by atoms with van der Waals surface area (Å²) in [6, 6.07) is 5.29. The van der Waals surface area contributed by atoms with E-state index < -0.39 is 18.8 Å². The highest BCUT2D eigenvalue weighted by Crippen LogP contribution is 2.20. The van der Waals surface area contributed by atoms with E-state index >= 15 is 0 Å². The van der Waals surface area contributed by atoms with Gasteiger partial charge in [-0.25, -0.2) is 13.2 Å². The fourth-order valence-electron chi connectivity index (χ4n) is 1.66. The smallest absolute Gasteiger partial charge is 0.261 e. The van der Waals surface area contributed by atoms with Crippen LogP contribution in [-0.4, -0.2) is 19.1 Å². The first kappa shape index (κ1) is 13.4. The van der Waals surface area contributed by atoms with E-state index in [1.807, 2.05) is 0 Å². The summed E-state index contributed by atoms with van der Waals surface area (Å²) < 4.78 is 42.0. The van der Waals surface area contributed by atoms with Crippen LogP contribution in [0.5, 0.6) is 0 Å². The van der Waals surface area contributed by atoms with Crippen LogP contribution in [0, 0.1) is 5.82 Å². The van der Waals surface area contributed by atoms with Crippen LogP contribution in [0.1, 0.15) is 24.0 Å². The minimum Gasteiger partial charge on any atom is -0.371 e. The lowest BCUT2D eigenvalue weighted by molar-refractivity contribution is 0.00900. The number of ether oxygens (including phenoxy) is 1. The third kappa shape index (κ3) is 4.31. The third-order valence-electron chi connectivity index (χ3n) is 2.78. The Morgan fingerprint density at radius 1 is 1.33 bits per heavy atom. The lowest BCUT2D eigenvalue weighted by Gasteiger charge is -2.08. The van der Waals surface area contributed by atoms with Crippen LogP contribution in [0.2, 0.25) is 0 Å². The molecule has 0 unspecified atom stereocenters. The summed E-state index contributed by atoms with van der Waals surface area (Å²) in [5.74, 6) is -0.417. The number of hydrogen-bond donors (Lipinski definition) is 1. The molecule has 0 bridgehead atoms. The standard InChI is InChI=1S/C13H16F3NO/c14-12-4-1-9(6-17-11-2-3-11)5-10(12)7-18-8-13(15)16/h1,4-5,11,13,17H,2-3,6-8H2. The van der Waals surface area contributed by atoms with Crippen molar-refractivity contribution in [2.75, 3.05) is 6.61 Å². The Labute approximate surface area is 104 Å². The highest BCUT2D eigenvalue weighted by molar-refractivity contribution is 5.24. The Balaban J connectivity index is 1.88. The van der Waals surface area contributed by atoms with E-state index in [-0.39, 0.29) is 6.61 Å². The molecular weight excluding hydrogens is 243 g/mol. The number of rotatable bonds is 7. The summed E-state index contributed by atoms with van der Waals surface area (Å²) in [6.45, 7) is -0.107. The third-order valence-corrected chi connectivity index (χ3v) is 2.78. The van der Waals surface area contributed by atoms with Crippen LogP contribution >= 0.6 is 0 Å². The summed E-state index contributed by atoms with van der Waals surface area (Å²) in [5, 5.41) is 3.31. The monoisotopic (exact) mass is 259 g/mol. The van der Waals surface area contributed by atoms with Crippen molar-refractivity contribution < 1.29 is 17.9 Å². The molecule has 100 valence electrons. The SMILES string of the molecule is Fc1ccc(CNC2CC2)cc1COCC(F)F. The van der Waals surface area contributed by atoms with Gasteiger partial charge >= 0.3 is 0 Å². The topological polar surface area (TPSA) is 21.3 Å². The van der Waals surface area contributed by atoms with Crippen molar-refractivity contribution in [1.82, 2.24) is 5.32 Å². The molecule has 1 aromatic rings. The summed E-state index contributed by atoms with van der Waals surface area (Å²) in [6.07, 6.45) is -0.148. The normalized spacial score (nSPS) is 15.3. The van der Waals surface area contributed by atoms with Gasteiger partial charge in [0.25, 0.3) is 6.43 Å². The van der Waals surface area contributed by atoms with Crippen LogP contribution in [0.3, 0.4) is 0 Å². The number of hydrogen-bond acceptors (Lipinski definition) is 2. The van der Waals surface area contributed by atoms with Crippen molar-refractivity contribution >= 4 is 0 Å². The maximum atomic E-state index is 13.4. The molecule has 0 radical (unpaired) electrons. The molecule has 1 N–H and O–H groups in total. The van der Waals surface area contributed by atoms with Crippen molar-refractivity contribution in [2.45, 2.75) is 38.5 Å². The summed E-state index contributed by atoms with van der Waals surface area (Å²) in [5.41, 5.74) is 1.27. The zero-order chi connectivity index (χ0) is 13.0. The summed E-state index contributed by atoms with van der Waals surface area (Å²) in [7, 11) is 0. The van der Waals surface area contributed by atoms with Gasteiger partial charge in [-0.15, -0.1) is 0 Å². The maximum absolute atomic E-state index is 13.4. The molecule has 1 saturated carbocycles. The van der Waals surface area contributed by atoms with Crippen LogP contribution in [0.25, 0.3) is 0 Å². The molecule has 1 fully saturated rings. The number of halogens is 3. The lowest BCUT2D eigenvalue weighted by Crippen LogP contribution is -2.15. The van der Waals surface area contributed by atoms with Crippen LogP contribution < -0.4 is 5.32 Å². The van der Waals surface area contributed by atoms with Gasteiger partial charge in [0.05, 0.1) is 6.61 Å². The Morgan fingerprint density at radius 2 is 2.11 bits per heavy atom. The van der Waals surface area contributed by atoms with Crippen molar-refractivity contribution in [3.05, 3.63) is 35.1 Å². The molecule has 0 saturated heterocycles. The fraction of sp³-hybridized carbons (Fsp3) is 0.538. The molecule has 1 aromatic carbocycles. The van der Waals surface area contributed by atoms with Gasteiger partial charge < -0.3 is 10.1 Å². The molecule has 0 aromatic heterocycles. The Bertz CT molecular complexity index is 394. The fourth-order valence-corrected chi connectivity index (χ4v) is 1.66. The molecule has 0 aliphatic heterocycles. The molecule has 5 heteroatoms. The van der Waals surface area contributed by atoms with Gasteiger partial charge in [-0.2, -0.15) is 0 Å². The van der Waals surface area contributed by atoms with Crippen LogP contribution in [0.4, 0.5) is 13.2 Å². The first-order valence-electron chi connectivity index (χ1n) is 6.01. The Morgan fingerprint density at radius 3 is 2.78 bits per heavy atom. The molecule has 0 atom stereocenters. The number of nitrogens with one attached hydrogen (secondary N) is 1. The molecule has 1 aliphatic carbocycles. The predicted octanol–water partition coefficient (Wildman–Crippen LogP) is 2.86. The average Bonchev–Trinajstić information content (AvgIpc) is 3.13. The minimum atomic E-state index is -2.52. The van der Waals surface area contributed by atoms with E-state index in [4.69, 9.17) is 4.74 Å². The van der Waals surface area contributed by atoms with Gasteiger partial charge in [-0.3, -0.25) is 0 Å². The molecular formula is C13H16F3NO. The average molecular weight is 259 g/mol. The van der Waals surface area contributed by atoms with Gasteiger partial charge in [-0.05, 0) is 30.5 Å². The van der Waals surface area contributed by atoms with Gasteiger partial charge in [0.2, 0.25) is 0 Å². The van der Waals surface area contributed by atoms with E-state index in [2.05, 4.69) is 5.32 Å². The number of alkyl halides is 2. The zero-order valence-corrected chi connectivity index (χ0v) is 9.96. The number of benzene rings is 1. The van der Waals surface area contributed by atoms with E-state index in [0.717, 1.165) is 5.56 Å². The largest absolute Gasteiger partial charge is 0.371 e. The summed E-state index contributed by atoms with van der Waals surface area (Å²) >= 11 is 0. The zero-order valence-electron chi connectivity index (χ0n) is 9.96. The quantitative estimate of drug-likeness (QED) is 0.813. The second-order valence-corrected chi connectivity index (χ2v) is 4.49. The highest BCUT2D eigenvalue weighted by atomic mass is 19.3. The molecule has 0 heterocycles. The molecule has 2 rings (SSSR count). The van der Waals surface area contributed by atoms with E-state index in [0.29, 0.717) is 18.2 Å². The highest BCUT2D eigenvalue weighted by Gasteiger charge is 2.20. The molecule has 0 amide bonds. The van der Waals surface area contributed by atoms with Crippen molar-refractivity contribution in [3.8, 4) is 0 Å². The maximum Gasteiger partial charge on any atom is 0.261 e. The second-order valence-electron chi connectivity index (χ2n) is 4.49. The first-order valence-corrected chi connectivity index (χ1v) is 6.01. The first-order chi connectivity index (χ1) is 8.65. The second kappa shape index (κ2) is 6.20. The van der Waals surface area contributed by atoms with Gasteiger partial charge in [0.15, 0.2) is 0 Å². The van der Waals surface area contributed by atoms with Crippen LogP contribution in [0.15, 0.2) is 18.2 Å². The molecule has 18 heavy (non-hydrogen) atoms. The van der Waals surface area contributed by atoms with Gasteiger partial charge in [0.1, 0.15) is 12.4 Å². The van der Waals surface area contributed by atoms with Crippen molar-refractivity contribution in [2.24, 2.45) is 0 Å². The van der Waals surface area contributed by atoms with Gasteiger partial charge in [-0.1, -0.05) is 6.07 Å². The predicted molar refractivity (Wildman–Crippen MR) is 61.9 cm³/mol. The molecule has 0 spiro atoms. The Hall–Kier alpha value is -1.07. The van der Waals surface area contributed by atoms with Crippen molar-refractivity contribution in [3.63, 3.8) is 0 Å². The molecule has 1 aliphatic rings. The lowest BCUT2D eigenvalue weighted by atomic mass is 10.1. The minimum absolute atomic E-state index is 0.118. The summed E-state index contributed by atoms with van der Waals surface area (Å²) in [4.78, 5) is 0. The van der Waals surface area contributed by atoms with Crippen LogP contribution in [-0.2, 0) is 17.9 Å². The Kier molecular flexibility index (Phi) is 4.60. The molecule has 2 nitrogen and oxygen atoms in total. The van der Waals surface area contributed by atoms with E-state index in [9.17, 15) is 13.2 Å². The van der Waals surface area contributed by atoms with Gasteiger partial charge in [0, 0.05) is 18.2 Å².